The van der Waals surface area contributed by atoms with Gasteiger partial charge in [-0.25, -0.2) is 14.4 Å². The van der Waals surface area contributed by atoms with Gasteiger partial charge in [-0.1, -0.05) is 6.07 Å². The van der Waals surface area contributed by atoms with Gasteiger partial charge < -0.3 is 10.6 Å². The van der Waals surface area contributed by atoms with Crippen LogP contribution in [0.2, 0.25) is 0 Å². The summed E-state index contributed by atoms with van der Waals surface area (Å²) >= 11 is 0. The van der Waals surface area contributed by atoms with E-state index in [-0.39, 0.29) is 47.0 Å². The number of aromatic nitrogens is 9. The third-order valence-electron chi connectivity index (χ3n) is 8.14. The predicted octanol–water partition coefficient (Wildman–Crippen LogP) is 2.78. The number of pyridine rings is 1. The number of fused-ring (bicyclic) bond motifs is 3. The molecule has 2 aliphatic rings. The average molecular weight is 556 g/mol. The Labute approximate surface area is 232 Å². The largest absolute Gasteiger partial charge is 0.383 e. The van der Waals surface area contributed by atoms with Crippen LogP contribution in [-0.4, -0.2) is 73.2 Å². The van der Waals surface area contributed by atoms with E-state index in [1.807, 2.05) is 4.90 Å². The number of amides is 1. The number of rotatable bonds is 5. The second-order valence-electron chi connectivity index (χ2n) is 10.6. The minimum absolute atomic E-state index is 0.0106. The van der Waals surface area contributed by atoms with Crippen molar-refractivity contribution in [3.63, 3.8) is 0 Å². The van der Waals surface area contributed by atoms with Crippen LogP contribution in [0.25, 0.3) is 28.2 Å². The van der Waals surface area contributed by atoms with Crippen LogP contribution < -0.4 is 5.73 Å². The molecule has 0 aliphatic carbocycles. The van der Waals surface area contributed by atoms with Crippen molar-refractivity contribution in [1.29, 1.82) is 0 Å². The van der Waals surface area contributed by atoms with Crippen LogP contribution in [0.1, 0.15) is 65.2 Å². The summed E-state index contributed by atoms with van der Waals surface area (Å²) in [6, 6.07) is 3.47. The molecule has 2 unspecified atom stereocenters. The zero-order valence-electron chi connectivity index (χ0n) is 22.3. The molecule has 2 aliphatic heterocycles. The molecule has 0 spiro atoms. The van der Waals surface area contributed by atoms with E-state index in [4.69, 9.17) is 10.7 Å². The number of H-pyrrole nitrogens is 1. The highest BCUT2D eigenvalue weighted by atomic mass is 19.1. The molecule has 3 atom stereocenters. The molecule has 1 amide bonds. The standard InChI is InChI=1S/C27H26FN11O2/c1-13(40)21-22(15-7-16-4-5-17(8-15)38(16)27(41)25-31-12-32-35-25)34-26-18(10-33-39(26)24(21)29)14-3-6-20(30-9-14)23-19(28)11-37(2)36-23/h3,6,9-12,15-17H,4-5,7-8,29H2,1-2H3,(H,31,32,35)/t15?,16-,17?/m0/s1. The number of piperidine rings is 1. The molecule has 0 aromatic carbocycles. The lowest BCUT2D eigenvalue weighted by Crippen LogP contribution is -2.46. The number of nitrogens with two attached hydrogens (primary N) is 1. The first-order chi connectivity index (χ1) is 19.8. The lowest BCUT2D eigenvalue weighted by molar-refractivity contribution is 0.0556. The van der Waals surface area contributed by atoms with Crippen LogP contribution in [0.4, 0.5) is 10.2 Å². The number of aromatic amines is 1. The second-order valence-corrected chi connectivity index (χ2v) is 10.6. The van der Waals surface area contributed by atoms with Gasteiger partial charge in [0.1, 0.15) is 17.8 Å². The van der Waals surface area contributed by atoms with Crippen molar-refractivity contribution < 1.29 is 14.0 Å². The number of carbonyl (C=O) groups is 2. The SMILES string of the molecule is CC(=O)c1c(C2CC3CC[C@@H](C2)N3C(=O)c2ncn[nH]2)nc2c(-c3ccc(-c4nn(C)cc4F)nc3)cnn2c1N. The Balaban J connectivity index is 1.26. The molecule has 5 aromatic heterocycles. The molecule has 5 aromatic rings. The summed E-state index contributed by atoms with van der Waals surface area (Å²) < 4.78 is 17.1. The Morgan fingerprint density at radius 3 is 2.51 bits per heavy atom. The van der Waals surface area contributed by atoms with Gasteiger partial charge in [0.05, 0.1) is 29.3 Å². The minimum atomic E-state index is -0.456. The number of nitrogen functional groups attached to an aromatic ring is 1. The molecule has 0 saturated carbocycles. The summed E-state index contributed by atoms with van der Waals surface area (Å²) in [5.74, 6) is -0.447. The topological polar surface area (TPSA) is 166 Å². The third kappa shape index (κ3) is 3.97. The maximum Gasteiger partial charge on any atom is 0.291 e. The smallest absolute Gasteiger partial charge is 0.291 e. The van der Waals surface area contributed by atoms with Crippen LogP contribution in [-0.2, 0) is 7.05 Å². The monoisotopic (exact) mass is 555 g/mol. The first kappa shape index (κ1) is 25.0. The number of carbonyl (C=O) groups excluding carboxylic acids is 2. The maximum absolute atomic E-state index is 14.2. The number of halogens is 1. The van der Waals surface area contributed by atoms with Gasteiger partial charge in [0.15, 0.2) is 17.2 Å². The molecule has 41 heavy (non-hydrogen) atoms. The van der Waals surface area contributed by atoms with Gasteiger partial charge in [0.25, 0.3) is 5.91 Å². The van der Waals surface area contributed by atoms with Crippen molar-refractivity contribution in [1.82, 2.24) is 49.4 Å². The predicted molar refractivity (Wildman–Crippen MR) is 144 cm³/mol. The van der Waals surface area contributed by atoms with Gasteiger partial charge in [-0.3, -0.25) is 24.4 Å². The molecule has 3 N–H and O–H groups in total. The van der Waals surface area contributed by atoms with Crippen LogP contribution >= 0.6 is 0 Å². The molecule has 2 fully saturated rings. The fourth-order valence-electron chi connectivity index (χ4n) is 6.38. The minimum Gasteiger partial charge on any atom is -0.383 e. The fraction of sp³-hybridized carbons (Fsp3) is 0.333. The van der Waals surface area contributed by atoms with Gasteiger partial charge in [-0.05, 0) is 38.7 Å². The first-order valence-corrected chi connectivity index (χ1v) is 13.3. The average Bonchev–Trinajstić information content (AvgIpc) is 3.74. The molecule has 2 saturated heterocycles. The number of hydrogen-bond acceptors (Lipinski definition) is 9. The number of aryl methyl sites for hydroxylation is 1. The van der Waals surface area contributed by atoms with Crippen LogP contribution in [0.3, 0.4) is 0 Å². The van der Waals surface area contributed by atoms with E-state index in [0.717, 1.165) is 12.8 Å². The van der Waals surface area contributed by atoms with Gasteiger partial charge in [0, 0.05) is 42.4 Å². The van der Waals surface area contributed by atoms with E-state index in [1.165, 1.54) is 28.6 Å². The van der Waals surface area contributed by atoms with E-state index >= 15 is 0 Å². The van der Waals surface area contributed by atoms with Crippen molar-refractivity contribution in [3.8, 4) is 22.5 Å². The quantitative estimate of drug-likeness (QED) is 0.310. The highest BCUT2D eigenvalue weighted by Gasteiger charge is 2.45. The number of nitrogens with one attached hydrogen (secondary N) is 1. The third-order valence-corrected chi connectivity index (χ3v) is 8.14. The summed E-state index contributed by atoms with van der Waals surface area (Å²) in [5, 5.41) is 15.1. The van der Waals surface area contributed by atoms with E-state index in [0.29, 0.717) is 46.6 Å². The number of Topliss-reactive ketones (excluding diaryl/α,β-unsaturated/α-hetero) is 1. The Morgan fingerprint density at radius 1 is 1.12 bits per heavy atom. The van der Waals surface area contributed by atoms with Crippen molar-refractivity contribution in [2.75, 3.05) is 5.73 Å². The molecule has 7 rings (SSSR count). The van der Waals surface area contributed by atoms with Crippen LogP contribution in [0.5, 0.6) is 0 Å². The summed E-state index contributed by atoms with van der Waals surface area (Å²) in [6.07, 6.45) is 8.88. The highest BCUT2D eigenvalue weighted by Crippen LogP contribution is 2.45. The second kappa shape index (κ2) is 9.28. The zero-order chi connectivity index (χ0) is 28.4. The fourth-order valence-corrected chi connectivity index (χ4v) is 6.38. The number of anilines is 1. The molecule has 208 valence electrons. The van der Waals surface area contributed by atoms with Gasteiger partial charge in [0.2, 0.25) is 5.82 Å². The molecule has 2 bridgehead atoms. The summed E-state index contributed by atoms with van der Waals surface area (Å²) in [6.45, 7) is 1.48. The molecular formula is C27H26FN11O2. The Morgan fingerprint density at radius 2 is 1.90 bits per heavy atom. The Bertz CT molecular complexity index is 1800. The first-order valence-electron chi connectivity index (χ1n) is 13.3. The lowest BCUT2D eigenvalue weighted by atomic mass is 9.85. The van der Waals surface area contributed by atoms with E-state index in [1.54, 1.807) is 31.6 Å². The number of hydrogen-bond donors (Lipinski definition) is 2. The van der Waals surface area contributed by atoms with Crippen molar-refractivity contribution in [3.05, 3.63) is 59.9 Å². The molecule has 7 heterocycles. The number of ketones is 1. The summed E-state index contributed by atoms with van der Waals surface area (Å²) in [5.41, 5.74) is 9.96. The highest BCUT2D eigenvalue weighted by molar-refractivity contribution is 6.00. The van der Waals surface area contributed by atoms with Crippen molar-refractivity contribution >= 4 is 23.2 Å². The molecule has 14 heteroatoms. The van der Waals surface area contributed by atoms with Gasteiger partial charge in [-0.2, -0.15) is 19.8 Å². The zero-order valence-corrected chi connectivity index (χ0v) is 22.3. The maximum atomic E-state index is 14.2. The van der Waals surface area contributed by atoms with E-state index < -0.39 is 5.82 Å². The number of nitrogens with zero attached hydrogens (tertiary/aromatic N) is 9. The van der Waals surface area contributed by atoms with Crippen molar-refractivity contribution in [2.24, 2.45) is 7.05 Å². The van der Waals surface area contributed by atoms with Gasteiger partial charge in [-0.15, -0.1) is 0 Å². The molecule has 0 radical (unpaired) electrons. The van der Waals surface area contributed by atoms with E-state index in [9.17, 15) is 14.0 Å². The molecular weight excluding hydrogens is 529 g/mol. The summed E-state index contributed by atoms with van der Waals surface area (Å²) in [4.78, 5) is 41.4. The van der Waals surface area contributed by atoms with Crippen LogP contribution in [0.15, 0.2) is 37.1 Å². The van der Waals surface area contributed by atoms with Gasteiger partial charge >= 0.3 is 0 Å². The molecule has 13 nitrogen and oxygen atoms in total. The lowest BCUT2D eigenvalue weighted by Gasteiger charge is -2.38. The van der Waals surface area contributed by atoms with E-state index in [2.05, 4.69) is 30.4 Å². The Hall–Kier alpha value is -5.01. The normalized spacial score (nSPS) is 20.2. The van der Waals surface area contributed by atoms with Crippen molar-refractivity contribution in [2.45, 2.75) is 50.6 Å². The van der Waals surface area contributed by atoms with Crippen LogP contribution in [0, 0.1) is 5.82 Å². The Kier molecular flexibility index (Phi) is 5.66. The summed E-state index contributed by atoms with van der Waals surface area (Å²) in [7, 11) is 1.65.